The Balaban J connectivity index is 0. The molecule has 1 heteroatoms. The monoisotopic (exact) mass is 185 g/mol. The average molecular weight is 185 g/mol. The summed E-state index contributed by atoms with van der Waals surface area (Å²) in [6, 6.07) is 0. The van der Waals surface area contributed by atoms with E-state index in [9.17, 15) is 0 Å². The normalized spacial score (nSPS) is 8.50. The minimum absolute atomic E-state index is 0. The molecule has 0 unspecified atom stereocenters. The average Bonchev–Trinajstić information content (AvgIpc) is 1.89. The van der Waals surface area contributed by atoms with E-state index in [1.807, 2.05) is 6.08 Å². The van der Waals surface area contributed by atoms with Gasteiger partial charge in [0.25, 0.3) is 0 Å². The van der Waals surface area contributed by atoms with Crippen LogP contribution in [0.25, 0.3) is 0 Å². The maximum Gasteiger partial charge on any atom is 0 e. The summed E-state index contributed by atoms with van der Waals surface area (Å²) in [6.45, 7) is 5.92. The molecule has 0 aromatic heterocycles. The van der Waals surface area contributed by atoms with Crippen LogP contribution in [0, 0.1) is 0 Å². The first-order chi connectivity index (χ1) is 4.41. The van der Waals surface area contributed by atoms with Gasteiger partial charge in [-0.3, -0.25) is 0 Å². The molecule has 0 aliphatic rings. The topological polar surface area (TPSA) is 0 Å². The summed E-state index contributed by atoms with van der Waals surface area (Å²) in [5, 5.41) is 0. The van der Waals surface area contributed by atoms with Crippen molar-refractivity contribution in [3.63, 3.8) is 0 Å². The maximum atomic E-state index is 3.68. The van der Waals surface area contributed by atoms with Crippen molar-refractivity contribution in [2.45, 2.75) is 45.4 Å². The Morgan fingerprint density at radius 3 is 2.20 bits per heavy atom. The fourth-order valence-corrected chi connectivity index (χ4v) is 0.892. The molecular formula is C9H18Co. The van der Waals surface area contributed by atoms with Crippen LogP contribution in [0.5, 0.6) is 0 Å². The molecule has 0 aromatic carbocycles. The molecule has 1 radical (unpaired) electrons. The molecule has 0 heterocycles. The van der Waals surface area contributed by atoms with Gasteiger partial charge in [0.05, 0.1) is 0 Å². The zero-order valence-electron chi connectivity index (χ0n) is 6.86. The van der Waals surface area contributed by atoms with Crippen LogP contribution in [0.3, 0.4) is 0 Å². The first-order valence-electron chi connectivity index (χ1n) is 4.02. The van der Waals surface area contributed by atoms with Crippen molar-refractivity contribution >= 4 is 0 Å². The molecule has 0 N–H and O–H groups in total. The van der Waals surface area contributed by atoms with Gasteiger partial charge in [-0.25, -0.2) is 0 Å². The maximum absolute atomic E-state index is 3.68. The smallest absolute Gasteiger partial charge is 0 e. The van der Waals surface area contributed by atoms with E-state index in [0.717, 1.165) is 0 Å². The Bertz CT molecular complexity index is 59.7. The molecule has 0 saturated carbocycles. The number of hydrogen-bond donors (Lipinski definition) is 0. The summed E-state index contributed by atoms with van der Waals surface area (Å²) in [7, 11) is 0. The van der Waals surface area contributed by atoms with Gasteiger partial charge in [0.15, 0.2) is 0 Å². The Kier molecular flexibility index (Phi) is 15.4. The van der Waals surface area contributed by atoms with Crippen molar-refractivity contribution in [3.05, 3.63) is 12.7 Å². The Morgan fingerprint density at radius 2 is 1.70 bits per heavy atom. The van der Waals surface area contributed by atoms with Gasteiger partial charge >= 0.3 is 0 Å². The van der Waals surface area contributed by atoms with Crippen LogP contribution in [0.4, 0.5) is 0 Å². The molecule has 0 aliphatic carbocycles. The van der Waals surface area contributed by atoms with Crippen LogP contribution in [-0.4, -0.2) is 0 Å². The van der Waals surface area contributed by atoms with Crippen LogP contribution in [0.1, 0.15) is 45.4 Å². The second-order valence-corrected chi connectivity index (χ2v) is 2.49. The van der Waals surface area contributed by atoms with Gasteiger partial charge in [0.1, 0.15) is 0 Å². The SMILES string of the molecule is C=CCCCCCCC.[Co]. The first-order valence-corrected chi connectivity index (χ1v) is 4.02. The van der Waals surface area contributed by atoms with E-state index in [0.29, 0.717) is 0 Å². The molecule has 0 rings (SSSR count). The van der Waals surface area contributed by atoms with E-state index in [2.05, 4.69) is 13.5 Å². The number of allylic oxidation sites excluding steroid dienone is 1. The van der Waals surface area contributed by atoms with Crippen LogP contribution in [-0.2, 0) is 16.8 Å². The summed E-state index contributed by atoms with van der Waals surface area (Å²) in [5.74, 6) is 0. The quantitative estimate of drug-likeness (QED) is 0.438. The Morgan fingerprint density at radius 1 is 1.10 bits per heavy atom. The molecular weight excluding hydrogens is 167 g/mol. The Labute approximate surface area is 75.3 Å². The van der Waals surface area contributed by atoms with Gasteiger partial charge in [-0.1, -0.05) is 38.7 Å². The summed E-state index contributed by atoms with van der Waals surface area (Å²) in [5.41, 5.74) is 0. The molecule has 0 amide bonds. The van der Waals surface area contributed by atoms with E-state index in [1.165, 1.54) is 38.5 Å². The van der Waals surface area contributed by atoms with Gasteiger partial charge in [0, 0.05) is 16.8 Å². The van der Waals surface area contributed by atoms with Crippen molar-refractivity contribution in [2.24, 2.45) is 0 Å². The van der Waals surface area contributed by atoms with Gasteiger partial charge in [0.2, 0.25) is 0 Å². The minimum atomic E-state index is 0. The van der Waals surface area contributed by atoms with Crippen LogP contribution >= 0.6 is 0 Å². The van der Waals surface area contributed by atoms with Crippen LogP contribution in [0.15, 0.2) is 12.7 Å². The molecule has 0 aromatic rings. The van der Waals surface area contributed by atoms with Crippen molar-refractivity contribution < 1.29 is 16.8 Å². The number of unbranched alkanes of at least 4 members (excludes halogenated alkanes) is 5. The summed E-state index contributed by atoms with van der Waals surface area (Å²) in [6.07, 6.45) is 10.1. The van der Waals surface area contributed by atoms with Crippen molar-refractivity contribution in [1.29, 1.82) is 0 Å². The zero-order valence-corrected chi connectivity index (χ0v) is 7.90. The van der Waals surface area contributed by atoms with E-state index >= 15 is 0 Å². The van der Waals surface area contributed by atoms with E-state index in [-0.39, 0.29) is 16.8 Å². The molecule has 0 aliphatic heterocycles. The number of hydrogen-bond acceptors (Lipinski definition) is 0. The molecule has 0 spiro atoms. The third kappa shape index (κ3) is 11.1. The summed E-state index contributed by atoms with van der Waals surface area (Å²) in [4.78, 5) is 0. The molecule has 10 heavy (non-hydrogen) atoms. The third-order valence-electron chi connectivity index (χ3n) is 1.51. The van der Waals surface area contributed by atoms with Crippen molar-refractivity contribution in [1.82, 2.24) is 0 Å². The van der Waals surface area contributed by atoms with Gasteiger partial charge < -0.3 is 0 Å². The van der Waals surface area contributed by atoms with Gasteiger partial charge in [-0.2, -0.15) is 0 Å². The fraction of sp³-hybridized carbons (Fsp3) is 0.778. The van der Waals surface area contributed by atoms with Crippen LogP contribution < -0.4 is 0 Å². The zero-order chi connectivity index (χ0) is 6.95. The summed E-state index contributed by atoms with van der Waals surface area (Å²) >= 11 is 0. The second kappa shape index (κ2) is 12.0. The minimum Gasteiger partial charge on any atom is -0.103 e. The standard InChI is InChI=1S/C9H18.Co/c1-3-5-7-9-8-6-4-2;/h3H,1,4-9H2,2H3;. The van der Waals surface area contributed by atoms with E-state index in [4.69, 9.17) is 0 Å². The first kappa shape index (κ1) is 12.9. The fourth-order valence-electron chi connectivity index (χ4n) is 0.892. The molecule has 0 atom stereocenters. The van der Waals surface area contributed by atoms with Crippen LogP contribution in [0.2, 0.25) is 0 Å². The largest absolute Gasteiger partial charge is 0.103 e. The van der Waals surface area contributed by atoms with Crippen molar-refractivity contribution in [3.8, 4) is 0 Å². The molecule has 0 fully saturated rings. The molecule has 0 bridgehead atoms. The molecule has 0 nitrogen and oxygen atoms in total. The molecule has 63 valence electrons. The second-order valence-electron chi connectivity index (χ2n) is 2.49. The van der Waals surface area contributed by atoms with E-state index in [1.54, 1.807) is 0 Å². The Hall–Kier alpha value is 0.246. The van der Waals surface area contributed by atoms with Crippen molar-refractivity contribution in [2.75, 3.05) is 0 Å². The van der Waals surface area contributed by atoms with E-state index < -0.39 is 0 Å². The number of rotatable bonds is 6. The predicted octanol–water partition coefficient (Wildman–Crippen LogP) is 3.53. The van der Waals surface area contributed by atoms with Gasteiger partial charge in [-0.15, -0.1) is 6.58 Å². The molecule has 0 saturated heterocycles. The third-order valence-corrected chi connectivity index (χ3v) is 1.51. The predicted molar refractivity (Wildman–Crippen MR) is 43.6 cm³/mol. The summed E-state index contributed by atoms with van der Waals surface area (Å²) < 4.78 is 0. The van der Waals surface area contributed by atoms with Gasteiger partial charge in [-0.05, 0) is 12.8 Å².